The first-order valence-corrected chi connectivity index (χ1v) is 15.7. The third-order valence-electron chi connectivity index (χ3n) is 8.55. The van der Waals surface area contributed by atoms with E-state index in [4.69, 9.17) is 18.9 Å². The van der Waals surface area contributed by atoms with E-state index < -0.39 is 13.0 Å². The summed E-state index contributed by atoms with van der Waals surface area (Å²) in [6.45, 7) is 5.48. The van der Waals surface area contributed by atoms with Gasteiger partial charge in [0.2, 0.25) is 17.7 Å². The number of halogens is 4. The van der Waals surface area contributed by atoms with Gasteiger partial charge >= 0.3 is 6.01 Å². The number of rotatable bonds is 14. The minimum Gasteiger partial charge on any atom is -0.481 e. The minimum atomic E-state index is -2.67. The molecule has 48 heavy (non-hydrogen) atoms. The number of fused-ring (bicyclic) bond motifs is 1. The Morgan fingerprint density at radius 1 is 0.896 bits per heavy atom. The van der Waals surface area contributed by atoms with Gasteiger partial charge in [0.05, 0.1) is 32.3 Å². The summed E-state index contributed by atoms with van der Waals surface area (Å²) in [5.74, 6) is 0.605. The van der Waals surface area contributed by atoms with Crippen LogP contribution in [-0.4, -0.2) is 116 Å². The number of carbonyl (C=O) groups excluding carboxylic acids is 1. The number of amides is 1. The zero-order valence-electron chi connectivity index (χ0n) is 27.5. The van der Waals surface area contributed by atoms with Crippen LogP contribution in [0.1, 0.15) is 36.0 Å². The fourth-order valence-corrected chi connectivity index (χ4v) is 6.58. The number of piperazine rings is 2. The highest BCUT2D eigenvalue weighted by Crippen LogP contribution is 2.37. The van der Waals surface area contributed by atoms with Crippen molar-refractivity contribution in [3.63, 3.8) is 0 Å². The number of ether oxygens (including phenoxy) is 4. The van der Waals surface area contributed by atoms with Crippen LogP contribution in [0.25, 0.3) is 0 Å². The summed E-state index contributed by atoms with van der Waals surface area (Å²) in [5, 5.41) is 0. The SMILES string of the molecule is CCOc1nc(OCC(F)F)nc(OC)c1CN1C[C@@H]2CN(C(=O)CCOC)CCN2[C@H](C(c2ccccc2)c2ccccc2)C1.Cl.Cl. The lowest BCUT2D eigenvalue weighted by Gasteiger charge is -2.53. The second-order valence-corrected chi connectivity index (χ2v) is 11.5. The first-order valence-electron chi connectivity index (χ1n) is 15.7. The van der Waals surface area contributed by atoms with Crippen molar-refractivity contribution in [2.45, 2.75) is 44.3 Å². The first kappa shape index (κ1) is 39.2. The first-order chi connectivity index (χ1) is 22.4. The van der Waals surface area contributed by atoms with Crippen LogP contribution in [0.5, 0.6) is 17.8 Å². The maximum absolute atomic E-state index is 13.1. The molecule has 2 fully saturated rings. The zero-order chi connectivity index (χ0) is 32.5. The molecule has 2 aromatic carbocycles. The van der Waals surface area contributed by atoms with E-state index in [2.05, 4.69) is 68.3 Å². The molecule has 0 radical (unpaired) electrons. The van der Waals surface area contributed by atoms with Gasteiger partial charge in [0, 0.05) is 64.4 Å². The van der Waals surface area contributed by atoms with Gasteiger partial charge < -0.3 is 23.8 Å². The predicted octanol–water partition coefficient (Wildman–Crippen LogP) is 4.94. The molecule has 1 amide bonds. The van der Waals surface area contributed by atoms with E-state index in [1.54, 1.807) is 7.11 Å². The molecular formula is C34H45Cl2F2N5O5. The van der Waals surface area contributed by atoms with Gasteiger partial charge in [-0.2, -0.15) is 9.97 Å². The number of methoxy groups -OCH3 is 2. The smallest absolute Gasteiger partial charge is 0.323 e. The van der Waals surface area contributed by atoms with Crippen molar-refractivity contribution in [1.82, 2.24) is 24.7 Å². The summed E-state index contributed by atoms with van der Waals surface area (Å²) in [4.78, 5) is 28.6. The Morgan fingerprint density at radius 3 is 2.12 bits per heavy atom. The van der Waals surface area contributed by atoms with Crippen molar-refractivity contribution in [3.8, 4) is 17.8 Å². The molecule has 0 saturated carbocycles. The van der Waals surface area contributed by atoms with E-state index in [1.165, 1.54) is 18.2 Å². The predicted molar refractivity (Wildman–Crippen MR) is 183 cm³/mol. The van der Waals surface area contributed by atoms with Crippen molar-refractivity contribution in [2.24, 2.45) is 0 Å². The molecule has 0 N–H and O–H groups in total. The molecule has 2 atom stereocenters. The summed E-state index contributed by atoms with van der Waals surface area (Å²) in [7, 11) is 3.08. The van der Waals surface area contributed by atoms with Gasteiger partial charge in [0.1, 0.15) is 0 Å². The highest BCUT2D eigenvalue weighted by molar-refractivity contribution is 5.85. The number of hydrogen-bond acceptors (Lipinski definition) is 9. The van der Waals surface area contributed by atoms with E-state index in [-0.39, 0.29) is 66.5 Å². The summed E-state index contributed by atoms with van der Waals surface area (Å²) in [6, 6.07) is 21.0. The largest absolute Gasteiger partial charge is 0.481 e. The molecule has 14 heteroatoms. The lowest BCUT2D eigenvalue weighted by molar-refractivity contribution is -0.137. The number of hydrogen-bond donors (Lipinski definition) is 0. The van der Waals surface area contributed by atoms with Crippen molar-refractivity contribution in [1.29, 1.82) is 0 Å². The Bertz CT molecular complexity index is 1380. The maximum Gasteiger partial charge on any atom is 0.323 e. The molecule has 5 rings (SSSR count). The summed E-state index contributed by atoms with van der Waals surface area (Å²) >= 11 is 0. The molecule has 2 saturated heterocycles. The van der Waals surface area contributed by atoms with Crippen molar-refractivity contribution in [2.75, 3.05) is 66.8 Å². The average Bonchev–Trinajstić information content (AvgIpc) is 3.08. The number of alkyl halides is 2. The van der Waals surface area contributed by atoms with Crippen LogP contribution in [0.4, 0.5) is 8.78 Å². The summed E-state index contributed by atoms with van der Waals surface area (Å²) in [6.07, 6.45) is -2.32. The molecule has 3 heterocycles. The molecule has 0 unspecified atom stereocenters. The Morgan fingerprint density at radius 2 is 1.54 bits per heavy atom. The van der Waals surface area contributed by atoms with E-state index >= 15 is 0 Å². The molecule has 3 aromatic rings. The molecule has 264 valence electrons. The summed E-state index contributed by atoms with van der Waals surface area (Å²) in [5.41, 5.74) is 3.05. The van der Waals surface area contributed by atoms with Crippen LogP contribution < -0.4 is 14.2 Å². The monoisotopic (exact) mass is 711 g/mol. The molecular weight excluding hydrogens is 667 g/mol. The normalized spacial score (nSPS) is 18.1. The molecule has 0 bridgehead atoms. The third-order valence-corrected chi connectivity index (χ3v) is 8.55. The Hall–Kier alpha value is -3.29. The van der Waals surface area contributed by atoms with Crippen molar-refractivity contribution >= 4 is 30.7 Å². The molecule has 2 aliphatic rings. The standard InChI is InChI=1S/C34H43F2N5O5.2ClH/c1-4-45-33-27(32(44-3)37-34(38-33)46-23-29(35)36)21-39-19-26-20-40(30(42)15-18-43-2)16-17-41(26)28(22-39)31(24-11-7-5-8-12-24)25-13-9-6-10-14-25;;/h5-14,26,28-29,31H,4,15-23H2,1-3H3;2*1H/t26-,28+;;/m1../s1. The van der Waals surface area contributed by atoms with E-state index in [0.717, 1.165) is 6.54 Å². The van der Waals surface area contributed by atoms with Gasteiger partial charge in [-0.1, -0.05) is 60.7 Å². The fourth-order valence-electron chi connectivity index (χ4n) is 6.58. The lowest BCUT2D eigenvalue weighted by Crippen LogP contribution is -2.67. The topological polar surface area (TPSA) is 89.5 Å². The second-order valence-electron chi connectivity index (χ2n) is 11.5. The van der Waals surface area contributed by atoms with Crippen LogP contribution in [0.2, 0.25) is 0 Å². The van der Waals surface area contributed by atoms with E-state index in [0.29, 0.717) is 57.9 Å². The van der Waals surface area contributed by atoms with Crippen LogP contribution in [0.3, 0.4) is 0 Å². The maximum atomic E-state index is 13.1. The Kier molecular flexibility index (Phi) is 15.5. The summed E-state index contributed by atoms with van der Waals surface area (Å²) < 4.78 is 47.6. The number of benzene rings is 2. The number of nitrogens with zero attached hydrogens (tertiary/aromatic N) is 5. The third kappa shape index (κ3) is 9.66. The fraction of sp³-hybridized carbons (Fsp3) is 0.500. The van der Waals surface area contributed by atoms with Gasteiger partial charge in [0.15, 0.2) is 6.61 Å². The Labute approximate surface area is 293 Å². The van der Waals surface area contributed by atoms with Gasteiger partial charge in [-0.25, -0.2) is 8.78 Å². The molecule has 2 aliphatic heterocycles. The molecule has 0 spiro atoms. The van der Waals surface area contributed by atoms with Crippen LogP contribution in [0, 0.1) is 0 Å². The van der Waals surface area contributed by atoms with Crippen LogP contribution in [0.15, 0.2) is 60.7 Å². The minimum absolute atomic E-state index is 0. The van der Waals surface area contributed by atoms with Crippen molar-refractivity contribution in [3.05, 3.63) is 77.4 Å². The number of aromatic nitrogens is 2. The van der Waals surface area contributed by atoms with Crippen LogP contribution >= 0.6 is 24.8 Å². The highest BCUT2D eigenvalue weighted by Gasteiger charge is 2.43. The van der Waals surface area contributed by atoms with Gasteiger partial charge in [0.25, 0.3) is 6.43 Å². The van der Waals surface area contributed by atoms with E-state index in [1.807, 2.05) is 24.0 Å². The molecule has 1 aromatic heterocycles. The highest BCUT2D eigenvalue weighted by atomic mass is 35.5. The average molecular weight is 713 g/mol. The number of carbonyl (C=O) groups is 1. The zero-order valence-corrected chi connectivity index (χ0v) is 29.1. The van der Waals surface area contributed by atoms with Gasteiger partial charge in [-0.15, -0.1) is 24.8 Å². The van der Waals surface area contributed by atoms with Gasteiger partial charge in [-0.05, 0) is 18.1 Å². The van der Waals surface area contributed by atoms with E-state index in [9.17, 15) is 13.6 Å². The molecule has 10 nitrogen and oxygen atoms in total. The lowest BCUT2D eigenvalue weighted by atomic mass is 9.81. The second kappa shape index (κ2) is 19.0. The molecule has 0 aliphatic carbocycles. The Balaban J connectivity index is 0.00000312. The van der Waals surface area contributed by atoms with Gasteiger partial charge in [-0.3, -0.25) is 14.6 Å². The van der Waals surface area contributed by atoms with Crippen molar-refractivity contribution < 1.29 is 32.5 Å². The quantitative estimate of drug-likeness (QED) is 0.231. The van der Waals surface area contributed by atoms with Crippen LogP contribution in [-0.2, 0) is 16.1 Å².